The maximum absolute atomic E-state index is 11.8. The Bertz CT molecular complexity index is 291. The van der Waals surface area contributed by atoms with Gasteiger partial charge in [0, 0.05) is 12.2 Å². The van der Waals surface area contributed by atoms with Gasteiger partial charge in [0.2, 0.25) is 5.91 Å². The zero-order valence-corrected chi connectivity index (χ0v) is 11.7. The van der Waals surface area contributed by atoms with Crippen molar-refractivity contribution < 1.29 is 10.0 Å². The lowest BCUT2D eigenvalue weighted by atomic mass is 9.83. The highest BCUT2D eigenvalue weighted by Crippen LogP contribution is 2.26. The van der Waals surface area contributed by atoms with E-state index in [1.54, 1.807) is 11.8 Å². The molecule has 6 heteroatoms. The molecule has 1 fully saturated rings. The van der Waals surface area contributed by atoms with Crippen LogP contribution in [0.2, 0.25) is 0 Å². The van der Waals surface area contributed by atoms with Crippen LogP contribution in [0, 0.1) is 5.92 Å². The summed E-state index contributed by atoms with van der Waals surface area (Å²) < 4.78 is 0. The first kappa shape index (κ1) is 15.1. The predicted molar refractivity (Wildman–Crippen MR) is 74.9 cm³/mol. The van der Waals surface area contributed by atoms with Crippen molar-refractivity contribution in [3.8, 4) is 0 Å². The molecule has 1 saturated carbocycles. The Morgan fingerprint density at radius 3 is 2.72 bits per heavy atom. The number of nitrogens with zero attached hydrogens (tertiary/aromatic N) is 1. The summed E-state index contributed by atoms with van der Waals surface area (Å²) >= 11 is 1.64. The molecule has 104 valence electrons. The monoisotopic (exact) mass is 273 g/mol. The van der Waals surface area contributed by atoms with Crippen molar-refractivity contribution >= 4 is 23.5 Å². The second-order valence-electron chi connectivity index (χ2n) is 4.71. The maximum Gasteiger partial charge on any atom is 0.221 e. The SMILES string of the molecule is CSCCC(=O)NC(C(N)=NO)C1CCCCC1. The Balaban J connectivity index is 2.57. The minimum absolute atomic E-state index is 0.0217. The zero-order valence-electron chi connectivity index (χ0n) is 10.9. The molecule has 0 aromatic heterocycles. The minimum Gasteiger partial charge on any atom is -0.409 e. The van der Waals surface area contributed by atoms with Gasteiger partial charge < -0.3 is 16.3 Å². The summed E-state index contributed by atoms with van der Waals surface area (Å²) in [5, 5.41) is 14.8. The van der Waals surface area contributed by atoms with Crippen LogP contribution in [0.3, 0.4) is 0 Å². The van der Waals surface area contributed by atoms with E-state index in [9.17, 15) is 4.79 Å². The molecular weight excluding hydrogens is 250 g/mol. The lowest BCUT2D eigenvalue weighted by Crippen LogP contribution is -2.49. The van der Waals surface area contributed by atoms with Crippen LogP contribution in [-0.2, 0) is 4.79 Å². The minimum atomic E-state index is -0.315. The van der Waals surface area contributed by atoms with E-state index in [1.165, 1.54) is 6.42 Å². The molecule has 0 saturated heterocycles. The molecule has 0 aliphatic heterocycles. The summed E-state index contributed by atoms with van der Waals surface area (Å²) in [5.74, 6) is 1.19. The Labute approximate surface area is 113 Å². The van der Waals surface area contributed by atoms with E-state index in [4.69, 9.17) is 10.9 Å². The summed E-state index contributed by atoms with van der Waals surface area (Å²) in [4.78, 5) is 11.8. The molecule has 1 amide bonds. The van der Waals surface area contributed by atoms with Crippen molar-refractivity contribution in [2.24, 2.45) is 16.8 Å². The lowest BCUT2D eigenvalue weighted by Gasteiger charge is -2.30. The summed E-state index contributed by atoms with van der Waals surface area (Å²) in [6.07, 6.45) is 8.05. The van der Waals surface area contributed by atoms with E-state index in [0.29, 0.717) is 12.3 Å². The summed E-state index contributed by atoms with van der Waals surface area (Å²) in [7, 11) is 0. The van der Waals surface area contributed by atoms with Crippen molar-refractivity contribution in [3.05, 3.63) is 0 Å². The van der Waals surface area contributed by atoms with Gasteiger partial charge in [-0.05, 0) is 25.0 Å². The second kappa shape index (κ2) is 8.24. The molecule has 0 bridgehead atoms. The van der Waals surface area contributed by atoms with Crippen LogP contribution in [0.15, 0.2) is 5.16 Å². The average Bonchev–Trinajstić information content (AvgIpc) is 2.42. The van der Waals surface area contributed by atoms with Crippen LogP contribution >= 0.6 is 11.8 Å². The molecule has 1 aliphatic rings. The first-order valence-electron chi connectivity index (χ1n) is 6.44. The number of nitrogens with one attached hydrogen (secondary N) is 1. The molecule has 18 heavy (non-hydrogen) atoms. The number of nitrogens with two attached hydrogens (primary N) is 1. The van der Waals surface area contributed by atoms with Gasteiger partial charge in [-0.1, -0.05) is 24.4 Å². The molecule has 1 unspecified atom stereocenters. The number of oxime groups is 1. The van der Waals surface area contributed by atoms with Crippen molar-refractivity contribution in [2.75, 3.05) is 12.0 Å². The van der Waals surface area contributed by atoms with Gasteiger partial charge in [-0.3, -0.25) is 4.79 Å². The topological polar surface area (TPSA) is 87.7 Å². The van der Waals surface area contributed by atoms with Gasteiger partial charge in [0.05, 0.1) is 6.04 Å². The smallest absolute Gasteiger partial charge is 0.221 e. The molecular formula is C12H23N3O2S. The van der Waals surface area contributed by atoms with E-state index in [0.717, 1.165) is 31.4 Å². The number of rotatable bonds is 6. The van der Waals surface area contributed by atoms with Crippen LogP contribution < -0.4 is 11.1 Å². The van der Waals surface area contributed by atoms with Crippen LogP contribution in [0.4, 0.5) is 0 Å². The fourth-order valence-corrected chi connectivity index (χ4v) is 2.79. The highest BCUT2D eigenvalue weighted by Gasteiger charge is 2.28. The highest BCUT2D eigenvalue weighted by atomic mass is 32.2. The van der Waals surface area contributed by atoms with Gasteiger partial charge in [-0.2, -0.15) is 11.8 Å². The molecule has 0 aromatic rings. The maximum atomic E-state index is 11.8. The van der Waals surface area contributed by atoms with Gasteiger partial charge in [0.15, 0.2) is 5.84 Å². The average molecular weight is 273 g/mol. The van der Waals surface area contributed by atoms with Gasteiger partial charge in [-0.25, -0.2) is 0 Å². The Morgan fingerprint density at radius 1 is 1.50 bits per heavy atom. The number of amidine groups is 1. The summed E-state index contributed by atoms with van der Waals surface area (Å²) in [6, 6.07) is -0.315. The first-order valence-corrected chi connectivity index (χ1v) is 7.84. The fraction of sp³-hybridized carbons (Fsp3) is 0.833. The summed E-state index contributed by atoms with van der Waals surface area (Å²) in [6.45, 7) is 0. The largest absolute Gasteiger partial charge is 0.409 e. The molecule has 0 aromatic carbocycles. The van der Waals surface area contributed by atoms with Crippen molar-refractivity contribution in [1.29, 1.82) is 0 Å². The number of carbonyl (C=O) groups is 1. The van der Waals surface area contributed by atoms with Gasteiger partial charge in [0.1, 0.15) is 0 Å². The van der Waals surface area contributed by atoms with E-state index in [-0.39, 0.29) is 17.8 Å². The molecule has 5 nitrogen and oxygen atoms in total. The summed E-state index contributed by atoms with van der Waals surface area (Å²) in [5.41, 5.74) is 5.71. The normalized spacial score (nSPS) is 19.5. The molecule has 1 rings (SSSR count). The van der Waals surface area contributed by atoms with Crippen molar-refractivity contribution in [3.63, 3.8) is 0 Å². The highest BCUT2D eigenvalue weighted by molar-refractivity contribution is 7.98. The molecule has 1 aliphatic carbocycles. The van der Waals surface area contributed by atoms with Crippen LogP contribution in [0.1, 0.15) is 38.5 Å². The Hall–Kier alpha value is -0.910. The molecule has 4 N–H and O–H groups in total. The number of hydrogen-bond acceptors (Lipinski definition) is 4. The van der Waals surface area contributed by atoms with E-state index >= 15 is 0 Å². The number of hydrogen-bond donors (Lipinski definition) is 3. The van der Waals surface area contributed by atoms with E-state index in [2.05, 4.69) is 10.5 Å². The third-order valence-corrected chi connectivity index (χ3v) is 4.02. The second-order valence-corrected chi connectivity index (χ2v) is 5.70. The van der Waals surface area contributed by atoms with Crippen LogP contribution in [0.25, 0.3) is 0 Å². The van der Waals surface area contributed by atoms with E-state index < -0.39 is 0 Å². The number of thioether (sulfide) groups is 1. The Kier molecular flexibility index (Phi) is 6.93. The molecule has 1 atom stereocenters. The molecule has 0 spiro atoms. The first-order chi connectivity index (χ1) is 8.69. The predicted octanol–water partition coefficient (Wildman–Crippen LogP) is 1.55. The third-order valence-electron chi connectivity index (χ3n) is 3.41. The third kappa shape index (κ3) is 4.76. The van der Waals surface area contributed by atoms with Crippen LogP contribution in [0.5, 0.6) is 0 Å². The van der Waals surface area contributed by atoms with Crippen LogP contribution in [-0.4, -0.2) is 35.0 Å². The molecule has 0 radical (unpaired) electrons. The van der Waals surface area contributed by atoms with Gasteiger partial charge >= 0.3 is 0 Å². The van der Waals surface area contributed by atoms with Gasteiger partial charge in [-0.15, -0.1) is 0 Å². The zero-order chi connectivity index (χ0) is 13.4. The Morgan fingerprint density at radius 2 is 2.17 bits per heavy atom. The van der Waals surface area contributed by atoms with Gasteiger partial charge in [0.25, 0.3) is 0 Å². The molecule has 0 heterocycles. The quantitative estimate of drug-likeness (QED) is 0.296. The van der Waals surface area contributed by atoms with Crippen molar-refractivity contribution in [1.82, 2.24) is 5.32 Å². The lowest BCUT2D eigenvalue weighted by molar-refractivity contribution is -0.121. The number of carbonyl (C=O) groups excluding carboxylic acids is 1. The van der Waals surface area contributed by atoms with Crippen molar-refractivity contribution in [2.45, 2.75) is 44.6 Å². The standard InChI is InChI=1S/C12H23N3O2S/c1-18-8-7-10(16)14-11(12(13)15-17)9-5-3-2-4-6-9/h9,11,17H,2-8H2,1H3,(H2,13,15)(H,14,16). The number of amides is 1. The fourth-order valence-electron chi connectivity index (χ4n) is 2.40. The van der Waals surface area contributed by atoms with E-state index in [1.807, 2.05) is 6.26 Å².